The number of nitrogens with zero attached hydrogens (tertiary/aromatic N) is 2. The average Bonchev–Trinajstić information content (AvgIpc) is 2.47. The maximum absolute atomic E-state index is 10.3. The van der Waals surface area contributed by atoms with Crippen molar-refractivity contribution in [2.75, 3.05) is 0 Å². The molecule has 5 nitrogen and oxygen atoms in total. The van der Waals surface area contributed by atoms with Crippen LogP contribution in [0.1, 0.15) is 31.7 Å². The topological polar surface area (TPSA) is 76.2 Å². The Labute approximate surface area is 82.1 Å². The van der Waals surface area contributed by atoms with Crippen molar-refractivity contribution in [3.8, 4) is 0 Å². The van der Waals surface area contributed by atoms with Crippen molar-refractivity contribution in [3.63, 3.8) is 0 Å². The van der Waals surface area contributed by atoms with E-state index in [1.165, 1.54) is 0 Å². The van der Waals surface area contributed by atoms with Gasteiger partial charge in [0, 0.05) is 6.42 Å². The van der Waals surface area contributed by atoms with Gasteiger partial charge < -0.3 is 5.11 Å². The zero-order valence-electron chi connectivity index (χ0n) is 8.36. The second kappa shape index (κ2) is 4.74. The summed E-state index contributed by atoms with van der Waals surface area (Å²) in [4.78, 5) is 10.3. The molecule has 14 heavy (non-hydrogen) atoms. The third-order valence-electron chi connectivity index (χ3n) is 1.81. The van der Waals surface area contributed by atoms with Crippen molar-refractivity contribution < 1.29 is 14.5 Å². The fourth-order valence-electron chi connectivity index (χ4n) is 1.18. The van der Waals surface area contributed by atoms with Crippen LogP contribution in [0.15, 0.2) is 4.63 Å². The minimum atomic E-state index is -0.830. The molecular weight excluding hydrogens is 184 g/mol. The summed E-state index contributed by atoms with van der Waals surface area (Å²) in [6.45, 7) is 4.13. The molecule has 1 rings (SSSR count). The van der Waals surface area contributed by atoms with E-state index in [2.05, 4.69) is 28.8 Å². The molecule has 0 unspecified atom stereocenters. The van der Waals surface area contributed by atoms with Crippen molar-refractivity contribution in [1.82, 2.24) is 10.3 Å². The highest BCUT2D eigenvalue weighted by Gasteiger charge is 2.12. The molecule has 0 saturated carbocycles. The van der Waals surface area contributed by atoms with Gasteiger partial charge in [-0.05, 0) is 12.3 Å². The largest absolute Gasteiger partial charge is 0.481 e. The molecule has 1 N–H and O–H groups in total. The van der Waals surface area contributed by atoms with Gasteiger partial charge in [0.1, 0.15) is 11.4 Å². The summed E-state index contributed by atoms with van der Waals surface area (Å²) in [6, 6.07) is 0. The van der Waals surface area contributed by atoms with Gasteiger partial charge in [0.25, 0.3) is 0 Å². The second-order valence-corrected chi connectivity index (χ2v) is 3.65. The quantitative estimate of drug-likeness (QED) is 0.771. The van der Waals surface area contributed by atoms with Gasteiger partial charge in [-0.1, -0.05) is 24.2 Å². The van der Waals surface area contributed by atoms with Crippen LogP contribution in [0.25, 0.3) is 0 Å². The fraction of sp³-hybridized carbons (Fsp3) is 0.667. The van der Waals surface area contributed by atoms with E-state index in [0.717, 1.165) is 12.1 Å². The number of rotatable bonds is 5. The smallest absolute Gasteiger partial charge is 0.303 e. The highest BCUT2D eigenvalue weighted by molar-refractivity contribution is 5.66. The van der Waals surface area contributed by atoms with Crippen LogP contribution in [-0.4, -0.2) is 21.4 Å². The minimum Gasteiger partial charge on any atom is -0.481 e. The molecule has 0 aliphatic heterocycles. The molecule has 0 atom stereocenters. The van der Waals surface area contributed by atoms with Crippen molar-refractivity contribution >= 4 is 5.97 Å². The SMILES string of the molecule is CC(C)Cc1nonc1CCC(=O)O. The highest BCUT2D eigenvalue weighted by Crippen LogP contribution is 2.11. The van der Waals surface area contributed by atoms with Crippen LogP contribution in [0.2, 0.25) is 0 Å². The molecule has 0 fully saturated rings. The van der Waals surface area contributed by atoms with E-state index in [9.17, 15) is 4.79 Å². The van der Waals surface area contributed by atoms with E-state index in [0.29, 0.717) is 18.0 Å². The Morgan fingerprint density at radius 1 is 1.43 bits per heavy atom. The Balaban J connectivity index is 2.58. The molecule has 0 saturated heterocycles. The van der Waals surface area contributed by atoms with Crippen LogP contribution in [0.5, 0.6) is 0 Å². The first kappa shape index (κ1) is 10.7. The Morgan fingerprint density at radius 2 is 2.07 bits per heavy atom. The zero-order valence-corrected chi connectivity index (χ0v) is 8.36. The lowest BCUT2D eigenvalue weighted by Crippen LogP contribution is -2.02. The zero-order chi connectivity index (χ0) is 10.6. The van der Waals surface area contributed by atoms with Gasteiger partial charge in [-0.3, -0.25) is 4.79 Å². The number of carboxylic acids is 1. The van der Waals surface area contributed by atoms with Gasteiger partial charge in [-0.2, -0.15) is 0 Å². The first-order chi connectivity index (χ1) is 6.59. The average molecular weight is 198 g/mol. The number of hydrogen-bond donors (Lipinski definition) is 1. The molecule has 1 aromatic rings. The third kappa shape index (κ3) is 3.16. The third-order valence-corrected chi connectivity index (χ3v) is 1.81. The van der Waals surface area contributed by atoms with Crippen LogP contribution in [0.4, 0.5) is 0 Å². The fourth-order valence-corrected chi connectivity index (χ4v) is 1.18. The number of hydrogen-bond acceptors (Lipinski definition) is 4. The summed E-state index contributed by atoms with van der Waals surface area (Å²) in [5, 5.41) is 16.0. The maximum Gasteiger partial charge on any atom is 0.303 e. The summed E-state index contributed by atoms with van der Waals surface area (Å²) in [5.41, 5.74) is 1.45. The van der Waals surface area contributed by atoms with Gasteiger partial charge >= 0.3 is 5.97 Å². The maximum atomic E-state index is 10.3. The van der Waals surface area contributed by atoms with Crippen LogP contribution in [0, 0.1) is 5.92 Å². The lowest BCUT2D eigenvalue weighted by atomic mass is 10.1. The predicted molar refractivity (Wildman–Crippen MR) is 48.8 cm³/mol. The molecule has 0 aliphatic rings. The van der Waals surface area contributed by atoms with Gasteiger partial charge in [0.2, 0.25) is 0 Å². The molecule has 0 aromatic carbocycles. The second-order valence-electron chi connectivity index (χ2n) is 3.65. The molecular formula is C9H14N2O3. The van der Waals surface area contributed by atoms with Crippen molar-refractivity contribution in [1.29, 1.82) is 0 Å². The Hall–Kier alpha value is -1.39. The monoisotopic (exact) mass is 198 g/mol. The van der Waals surface area contributed by atoms with Crippen molar-refractivity contribution in [3.05, 3.63) is 11.4 Å². The summed E-state index contributed by atoms with van der Waals surface area (Å²) in [6.07, 6.45) is 1.23. The van der Waals surface area contributed by atoms with E-state index in [1.807, 2.05) is 0 Å². The Morgan fingerprint density at radius 3 is 2.64 bits per heavy atom. The standard InChI is InChI=1S/C9H14N2O3/c1-6(2)5-8-7(10-14-11-8)3-4-9(12)13/h6H,3-5H2,1-2H3,(H,12,13). The van der Waals surface area contributed by atoms with Gasteiger partial charge in [-0.15, -0.1) is 0 Å². The van der Waals surface area contributed by atoms with E-state index in [4.69, 9.17) is 5.11 Å². The van der Waals surface area contributed by atoms with Crippen LogP contribution < -0.4 is 0 Å². The Kier molecular flexibility index (Phi) is 3.62. The van der Waals surface area contributed by atoms with Crippen LogP contribution in [-0.2, 0) is 17.6 Å². The molecule has 1 heterocycles. The lowest BCUT2D eigenvalue weighted by molar-refractivity contribution is -0.136. The first-order valence-corrected chi connectivity index (χ1v) is 4.61. The minimum absolute atomic E-state index is 0.0688. The molecule has 0 radical (unpaired) electrons. The normalized spacial score (nSPS) is 10.8. The van der Waals surface area contributed by atoms with E-state index in [1.54, 1.807) is 0 Å². The van der Waals surface area contributed by atoms with Gasteiger partial charge in [0.15, 0.2) is 0 Å². The van der Waals surface area contributed by atoms with Crippen molar-refractivity contribution in [2.45, 2.75) is 33.1 Å². The lowest BCUT2D eigenvalue weighted by Gasteiger charge is -2.00. The van der Waals surface area contributed by atoms with Gasteiger partial charge in [-0.25, -0.2) is 4.63 Å². The summed E-state index contributed by atoms with van der Waals surface area (Å²) >= 11 is 0. The predicted octanol–water partition coefficient (Wildman–Crippen LogP) is 1.29. The molecule has 1 aromatic heterocycles. The first-order valence-electron chi connectivity index (χ1n) is 4.61. The van der Waals surface area contributed by atoms with E-state index >= 15 is 0 Å². The number of aliphatic carboxylic acids is 1. The molecule has 0 aliphatic carbocycles. The van der Waals surface area contributed by atoms with Crippen LogP contribution in [0.3, 0.4) is 0 Å². The summed E-state index contributed by atoms with van der Waals surface area (Å²) < 4.78 is 4.59. The molecule has 78 valence electrons. The molecule has 0 amide bonds. The number of carbonyl (C=O) groups is 1. The number of carboxylic acid groups (broad SMARTS) is 1. The van der Waals surface area contributed by atoms with E-state index < -0.39 is 5.97 Å². The molecule has 0 spiro atoms. The highest BCUT2D eigenvalue weighted by atomic mass is 16.6. The number of aryl methyl sites for hydroxylation is 1. The van der Waals surface area contributed by atoms with E-state index in [-0.39, 0.29) is 6.42 Å². The summed E-state index contributed by atoms with van der Waals surface area (Å²) in [7, 11) is 0. The molecule has 5 heteroatoms. The summed E-state index contributed by atoms with van der Waals surface area (Å²) in [5.74, 6) is -0.367. The molecule has 0 bridgehead atoms. The Bertz CT molecular complexity index is 307. The van der Waals surface area contributed by atoms with Gasteiger partial charge in [0.05, 0.1) is 6.42 Å². The van der Waals surface area contributed by atoms with Crippen molar-refractivity contribution in [2.24, 2.45) is 5.92 Å². The number of aromatic nitrogens is 2. The van der Waals surface area contributed by atoms with Crippen LogP contribution >= 0.6 is 0 Å².